The summed E-state index contributed by atoms with van der Waals surface area (Å²) in [5, 5.41) is 8.63. The van der Waals surface area contributed by atoms with E-state index in [1.54, 1.807) is 12.4 Å². The van der Waals surface area contributed by atoms with Crippen LogP contribution in [0.2, 0.25) is 0 Å². The quantitative estimate of drug-likeness (QED) is 0.805. The maximum atomic E-state index is 8.63. The fourth-order valence-corrected chi connectivity index (χ4v) is 1.16. The molecule has 0 radical (unpaired) electrons. The van der Waals surface area contributed by atoms with Crippen LogP contribution < -0.4 is 4.74 Å². The lowest BCUT2D eigenvalue weighted by Crippen LogP contribution is -2.05. The number of aliphatic hydroxyl groups is 1. The molecule has 0 spiro atoms. The summed E-state index contributed by atoms with van der Waals surface area (Å²) < 4.78 is 5.52. The number of aliphatic hydroxyl groups excluding tert-OH is 1. The van der Waals surface area contributed by atoms with Crippen LogP contribution in [-0.2, 0) is 0 Å². The predicted octanol–water partition coefficient (Wildman–Crippen LogP) is 2.26. The molecule has 0 amide bonds. The number of ether oxygens (including phenoxy) is 1. The first-order valence-corrected chi connectivity index (χ1v) is 5.11. The van der Waals surface area contributed by atoms with Gasteiger partial charge >= 0.3 is 0 Å². The Balaban J connectivity index is 2.65. The van der Waals surface area contributed by atoms with Crippen LogP contribution in [0.3, 0.4) is 0 Å². The number of rotatable bonds is 5. The van der Waals surface area contributed by atoms with Gasteiger partial charge in [0, 0.05) is 12.8 Å². The summed E-state index contributed by atoms with van der Waals surface area (Å²) in [5.74, 6) is 0.774. The van der Waals surface area contributed by atoms with Gasteiger partial charge in [-0.15, -0.1) is 0 Å². The monoisotopic (exact) mass is 207 g/mol. The van der Waals surface area contributed by atoms with E-state index in [-0.39, 0.29) is 12.7 Å². The van der Waals surface area contributed by atoms with E-state index in [4.69, 9.17) is 9.84 Å². The molecule has 82 valence electrons. The molecule has 15 heavy (non-hydrogen) atoms. The molecule has 3 heteroatoms. The first-order chi connectivity index (χ1) is 7.22. The van der Waals surface area contributed by atoms with E-state index in [9.17, 15) is 0 Å². The van der Waals surface area contributed by atoms with Crippen molar-refractivity contribution in [3.8, 4) is 5.75 Å². The van der Waals surface area contributed by atoms with Crippen molar-refractivity contribution in [2.75, 3.05) is 6.61 Å². The molecule has 1 N–H and O–H groups in total. The second-order valence-corrected chi connectivity index (χ2v) is 3.54. The molecule has 0 fully saturated rings. The predicted molar refractivity (Wildman–Crippen MR) is 60.7 cm³/mol. The highest BCUT2D eigenvalue weighted by Crippen LogP contribution is 2.14. The second-order valence-electron chi connectivity index (χ2n) is 3.54. The molecule has 0 aliphatic heterocycles. The van der Waals surface area contributed by atoms with Crippen LogP contribution in [-0.4, -0.2) is 22.8 Å². The average Bonchev–Trinajstić information content (AvgIpc) is 2.18. The normalized spacial score (nSPS) is 11.2. The van der Waals surface area contributed by atoms with Gasteiger partial charge in [-0.1, -0.05) is 12.2 Å². The van der Waals surface area contributed by atoms with Crippen molar-refractivity contribution in [2.45, 2.75) is 26.4 Å². The number of nitrogens with zero attached hydrogens (tertiary/aromatic N) is 1. The van der Waals surface area contributed by atoms with Crippen LogP contribution >= 0.6 is 0 Å². The van der Waals surface area contributed by atoms with E-state index in [1.807, 2.05) is 32.1 Å². The summed E-state index contributed by atoms with van der Waals surface area (Å²) in [6.07, 6.45) is 8.12. The van der Waals surface area contributed by atoms with Crippen LogP contribution in [0.15, 0.2) is 24.5 Å². The van der Waals surface area contributed by atoms with Crippen molar-refractivity contribution >= 4 is 6.08 Å². The van der Waals surface area contributed by atoms with Crippen molar-refractivity contribution < 1.29 is 9.84 Å². The summed E-state index contributed by atoms with van der Waals surface area (Å²) in [5.41, 5.74) is 0.988. The largest absolute Gasteiger partial charge is 0.489 e. The van der Waals surface area contributed by atoms with Crippen molar-refractivity contribution in [3.05, 3.63) is 30.1 Å². The highest BCUT2D eigenvalue weighted by atomic mass is 16.5. The van der Waals surface area contributed by atoms with Crippen LogP contribution in [0.25, 0.3) is 6.08 Å². The van der Waals surface area contributed by atoms with Gasteiger partial charge in [0.1, 0.15) is 5.75 Å². The molecule has 1 heterocycles. The van der Waals surface area contributed by atoms with E-state index >= 15 is 0 Å². The highest BCUT2D eigenvalue weighted by Gasteiger charge is 1.97. The SMILES string of the molecule is CC(C)Oc1cncc(/C=C/CCO)c1. The zero-order valence-corrected chi connectivity index (χ0v) is 9.18. The lowest BCUT2D eigenvalue weighted by atomic mass is 10.2. The molecule has 0 atom stereocenters. The van der Waals surface area contributed by atoms with Crippen LogP contribution in [0, 0.1) is 0 Å². The molecule has 1 aromatic heterocycles. The van der Waals surface area contributed by atoms with Crippen molar-refractivity contribution in [1.82, 2.24) is 4.98 Å². The van der Waals surface area contributed by atoms with Gasteiger partial charge in [-0.25, -0.2) is 0 Å². The molecule has 0 aliphatic carbocycles. The fourth-order valence-electron chi connectivity index (χ4n) is 1.16. The Morgan fingerprint density at radius 2 is 2.27 bits per heavy atom. The summed E-state index contributed by atoms with van der Waals surface area (Å²) in [7, 11) is 0. The van der Waals surface area contributed by atoms with Gasteiger partial charge < -0.3 is 9.84 Å². The van der Waals surface area contributed by atoms with Gasteiger partial charge in [0.2, 0.25) is 0 Å². The van der Waals surface area contributed by atoms with Crippen LogP contribution in [0.4, 0.5) is 0 Å². The summed E-state index contributed by atoms with van der Waals surface area (Å²) in [6, 6.07) is 1.93. The zero-order chi connectivity index (χ0) is 11.1. The third-order valence-electron chi connectivity index (χ3n) is 1.71. The van der Waals surface area contributed by atoms with E-state index in [0.717, 1.165) is 11.3 Å². The molecular weight excluding hydrogens is 190 g/mol. The molecule has 0 aliphatic rings. The zero-order valence-electron chi connectivity index (χ0n) is 9.18. The fraction of sp³-hybridized carbons (Fsp3) is 0.417. The molecule has 0 unspecified atom stereocenters. The van der Waals surface area contributed by atoms with Gasteiger partial charge in [0.05, 0.1) is 12.3 Å². The molecular formula is C12H17NO2. The maximum absolute atomic E-state index is 8.63. The molecule has 0 saturated heterocycles. The summed E-state index contributed by atoms with van der Waals surface area (Å²) in [4.78, 5) is 4.08. The topological polar surface area (TPSA) is 42.4 Å². The summed E-state index contributed by atoms with van der Waals surface area (Å²) >= 11 is 0. The van der Waals surface area contributed by atoms with Crippen LogP contribution in [0.1, 0.15) is 25.8 Å². The second kappa shape index (κ2) is 6.19. The molecule has 0 saturated carbocycles. The molecule has 0 bridgehead atoms. The Morgan fingerprint density at radius 1 is 1.47 bits per heavy atom. The standard InChI is InChI=1S/C12H17NO2/c1-10(2)15-12-7-11(8-13-9-12)5-3-4-6-14/h3,5,7-10,14H,4,6H2,1-2H3/b5-3+. The average molecular weight is 207 g/mol. The maximum Gasteiger partial charge on any atom is 0.138 e. The van der Waals surface area contributed by atoms with E-state index in [2.05, 4.69) is 4.98 Å². The molecule has 0 aromatic carbocycles. The lowest BCUT2D eigenvalue weighted by Gasteiger charge is -2.08. The minimum absolute atomic E-state index is 0.156. The number of aromatic nitrogens is 1. The van der Waals surface area contributed by atoms with Gasteiger partial charge in [0.15, 0.2) is 0 Å². The summed E-state index contributed by atoms with van der Waals surface area (Å²) in [6.45, 7) is 4.13. The Kier molecular flexibility index (Phi) is 4.84. The third-order valence-corrected chi connectivity index (χ3v) is 1.71. The van der Waals surface area contributed by atoms with Crippen LogP contribution in [0.5, 0.6) is 5.75 Å². The van der Waals surface area contributed by atoms with E-state index < -0.39 is 0 Å². The number of hydrogen-bond acceptors (Lipinski definition) is 3. The van der Waals surface area contributed by atoms with E-state index in [0.29, 0.717) is 6.42 Å². The van der Waals surface area contributed by atoms with Gasteiger partial charge in [-0.2, -0.15) is 0 Å². The van der Waals surface area contributed by atoms with Gasteiger partial charge in [0.25, 0.3) is 0 Å². The minimum atomic E-state index is 0.156. The number of pyridine rings is 1. The smallest absolute Gasteiger partial charge is 0.138 e. The first kappa shape index (κ1) is 11.7. The van der Waals surface area contributed by atoms with E-state index in [1.165, 1.54) is 0 Å². The van der Waals surface area contributed by atoms with Crippen molar-refractivity contribution in [2.24, 2.45) is 0 Å². The Morgan fingerprint density at radius 3 is 2.93 bits per heavy atom. The first-order valence-electron chi connectivity index (χ1n) is 5.11. The minimum Gasteiger partial charge on any atom is -0.489 e. The Hall–Kier alpha value is -1.35. The highest BCUT2D eigenvalue weighted by molar-refractivity contribution is 5.49. The van der Waals surface area contributed by atoms with Crippen molar-refractivity contribution in [3.63, 3.8) is 0 Å². The molecule has 1 rings (SSSR count). The Labute approximate surface area is 90.4 Å². The van der Waals surface area contributed by atoms with Crippen molar-refractivity contribution in [1.29, 1.82) is 0 Å². The molecule has 3 nitrogen and oxygen atoms in total. The van der Waals surface area contributed by atoms with Gasteiger partial charge in [-0.05, 0) is 31.9 Å². The Bertz CT molecular complexity index is 321. The lowest BCUT2D eigenvalue weighted by molar-refractivity contribution is 0.241. The third kappa shape index (κ3) is 4.61. The molecule has 1 aromatic rings. The van der Waals surface area contributed by atoms with Gasteiger partial charge in [-0.3, -0.25) is 4.98 Å². The number of hydrogen-bond donors (Lipinski definition) is 1.